The SMILES string of the molecule is O=C(c1cncc(C(F)(F)F)c1)c1nccc(C2CC2)n1. The third-order valence-electron chi connectivity index (χ3n) is 3.20. The molecule has 7 heteroatoms. The lowest BCUT2D eigenvalue weighted by Crippen LogP contribution is -2.12. The number of nitrogens with zero attached hydrogens (tertiary/aromatic N) is 3. The Bertz CT molecular complexity index is 696. The maximum Gasteiger partial charge on any atom is 0.417 e. The molecule has 1 fully saturated rings. The third kappa shape index (κ3) is 2.91. The molecular formula is C14H10F3N3O. The van der Waals surface area contributed by atoms with Gasteiger partial charge in [0, 0.05) is 35.8 Å². The largest absolute Gasteiger partial charge is 0.417 e. The van der Waals surface area contributed by atoms with Crippen LogP contribution >= 0.6 is 0 Å². The molecule has 0 atom stereocenters. The van der Waals surface area contributed by atoms with E-state index in [2.05, 4.69) is 15.0 Å². The molecule has 0 bridgehead atoms. The average Bonchev–Trinajstić information content (AvgIpc) is 3.30. The Labute approximate surface area is 118 Å². The van der Waals surface area contributed by atoms with Crippen molar-refractivity contribution in [1.29, 1.82) is 0 Å². The molecule has 0 aromatic carbocycles. The van der Waals surface area contributed by atoms with E-state index in [1.165, 1.54) is 6.20 Å². The molecule has 1 aliphatic carbocycles. The molecule has 21 heavy (non-hydrogen) atoms. The minimum absolute atomic E-state index is 0.0967. The highest BCUT2D eigenvalue weighted by Gasteiger charge is 2.32. The van der Waals surface area contributed by atoms with Gasteiger partial charge in [0.1, 0.15) is 0 Å². The van der Waals surface area contributed by atoms with Gasteiger partial charge in [-0.1, -0.05) is 0 Å². The molecule has 0 N–H and O–H groups in total. The Kier molecular flexibility index (Phi) is 3.19. The fourth-order valence-corrected chi connectivity index (χ4v) is 1.94. The van der Waals surface area contributed by atoms with Crippen molar-refractivity contribution in [3.05, 3.63) is 53.4 Å². The van der Waals surface area contributed by atoms with E-state index < -0.39 is 17.5 Å². The molecule has 0 saturated heterocycles. The van der Waals surface area contributed by atoms with Gasteiger partial charge >= 0.3 is 6.18 Å². The van der Waals surface area contributed by atoms with E-state index in [-0.39, 0.29) is 11.4 Å². The van der Waals surface area contributed by atoms with E-state index in [0.29, 0.717) is 12.1 Å². The van der Waals surface area contributed by atoms with Gasteiger partial charge in [-0.25, -0.2) is 9.97 Å². The van der Waals surface area contributed by atoms with E-state index in [1.807, 2.05) is 0 Å². The van der Waals surface area contributed by atoms with Gasteiger partial charge in [0.25, 0.3) is 0 Å². The molecule has 2 aromatic rings. The average molecular weight is 293 g/mol. The highest BCUT2D eigenvalue weighted by molar-refractivity contribution is 6.06. The van der Waals surface area contributed by atoms with Crippen molar-refractivity contribution < 1.29 is 18.0 Å². The summed E-state index contributed by atoms with van der Waals surface area (Å²) in [5.41, 5.74) is -0.377. The summed E-state index contributed by atoms with van der Waals surface area (Å²) in [6, 6.07) is 2.49. The zero-order chi connectivity index (χ0) is 15.0. The van der Waals surface area contributed by atoms with Gasteiger partial charge in [0.2, 0.25) is 11.6 Å². The summed E-state index contributed by atoms with van der Waals surface area (Å²) < 4.78 is 37.9. The maximum absolute atomic E-state index is 12.6. The van der Waals surface area contributed by atoms with Crippen molar-refractivity contribution in [1.82, 2.24) is 15.0 Å². The van der Waals surface area contributed by atoms with Crippen LogP contribution in [0, 0.1) is 0 Å². The summed E-state index contributed by atoms with van der Waals surface area (Å²) in [7, 11) is 0. The minimum Gasteiger partial charge on any atom is -0.285 e. The predicted octanol–water partition coefficient (Wildman–Crippen LogP) is 3.00. The predicted molar refractivity (Wildman–Crippen MR) is 66.7 cm³/mol. The summed E-state index contributed by atoms with van der Waals surface area (Å²) in [5, 5.41) is 0. The Hall–Kier alpha value is -2.31. The van der Waals surface area contributed by atoms with Gasteiger partial charge in [-0.2, -0.15) is 13.2 Å². The number of pyridine rings is 1. The van der Waals surface area contributed by atoms with Crippen molar-refractivity contribution in [2.45, 2.75) is 24.9 Å². The molecule has 0 radical (unpaired) electrons. The quantitative estimate of drug-likeness (QED) is 0.816. The van der Waals surface area contributed by atoms with Crippen molar-refractivity contribution >= 4 is 5.78 Å². The second-order valence-electron chi connectivity index (χ2n) is 4.87. The van der Waals surface area contributed by atoms with Crippen molar-refractivity contribution in [3.8, 4) is 0 Å². The van der Waals surface area contributed by atoms with Crippen LogP contribution in [0.2, 0.25) is 0 Å². The Morgan fingerprint density at radius 3 is 2.67 bits per heavy atom. The number of hydrogen-bond donors (Lipinski definition) is 0. The van der Waals surface area contributed by atoms with Crippen molar-refractivity contribution in [2.75, 3.05) is 0 Å². The van der Waals surface area contributed by atoms with E-state index in [1.54, 1.807) is 6.07 Å². The fourth-order valence-electron chi connectivity index (χ4n) is 1.94. The van der Waals surface area contributed by atoms with Gasteiger partial charge < -0.3 is 0 Å². The molecule has 2 aromatic heterocycles. The summed E-state index contributed by atoms with van der Waals surface area (Å²) in [5.74, 6) is -0.421. The van der Waals surface area contributed by atoms with Crippen molar-refractivity contribution in [3.63, 3.8) is 0 Å². The van der Waals surface area contributed by atoms with E-state index >= 15 is 0 Å². The smallest absolute Gasteiger partial charge is 0.285 e. The van der Waals surface area contributed by atoms with Gasteiger partial charge in [0.05, 0.1) is 5.56 Å². The van der Waals surface area contributed by atoms with Crippen LogP contribution in [0.25, 0.3) is 0 Å². The standard InChI is InChI=1S/C14H10F3N3O/c15-14(16,17)10-5-9(6-18-7-10)12(21)13-19-4-3-11(20-13)8-1-2-8/h3-8H,1-2H2. The number of alkyl halides is 3. The highest BCUT2D eigenvalue weighted by Crippen LogP contribution is 2.38. The first-order valence-corrected chi connectivity index (χ1v) is 6.35. The zero-order valence-electron chi connectivity index (χ0n) is 10.8. The van der Waals surface area contributed by atoms with Crippen LogP contribution in [0.15, 0.2) is 30.7 Å². The summed E-state index contributed by atoms with van der Waals surface area (Å²) in [4.78, 5) is 23.6. The lowest BCUT2D eigenvalue weighted by atomic mass is 10.1. The van der Waals surface area contributed by atoms with Gasteiger partial charge in [-0.15, -0.1) is 0 Å². The molecule has 3 rings (SSSR count). The maximum atomic E-state index is 12.6. The Morgan fingerprint density at radius 1 is 1.24 bits per heavy atom. The van der Waals surface area contributed by atoms with Crippen LogP contribution in [0.4, 0.5) is 13.2 Å². The minimum atomic E-state index is -4.54. The molecule has 2 heterocycles. The van der Waals surface area contributed by atoms with E-state index in [0.717, 1.165) is 30.8 Å². The van der Waals surface area contributed by atoms with Gasteiger partial charge in [0.15, 0.2) is 0 Å². The van der Waals surface area contributed by atoms with Crippen LogP contribution in [-0.4, -0.2) is 20.7 Å². The molecule has 0 amide bonds. The lowest BCUT2D eigenvalue weighted by molar-refractivity contribution is -0.137. The molecular weight excluding hydrogens is 283 g/mol. The molecule has 0 unspecified atom stereocenters. The zero-order valence-corrected chi connectivity index (χ0v) is 10.8. The molecule has 1 aliphatic rings. The van der Waals surface area contributed by atoms with Crippen LogP contribution in [-0.2, 0) is 6.18 Å². The summed E-state index contributed by atoms with van der Waals surface area (Å²) >= 11 is 0. The molecule has 108 valence electrons. The number of ketones is 1. The lowest BCUT2D eigenvalue weighted by Gasteiger charge is -2.07. The number of carbonyl (C=O) groups is 1. The van der Waals surface area contributed by atoms with E-state index in [4.69, 9.17) is 0 Å². The summed E-state index contributed by atoms with van der Waals surface area (Å²) in [6.45, 7) is 0. The van der Waals surface area contributed by atoms with Gasteiger partial charge in [-0.05, 0) is 25.0 Å². The molecule has 0 spiro atoms. The number of halogens is 3. The number of carbonyl (C=O) groups excluding carboxylic acids is 1. The van der Waals surface area contributed by atoms with Crippen molar-refractivity contribution in [2.24, 2.45) is 0 Å². The second kappa shape index (κ2) is 4.91. The number of rotatable bonds is 3. The van der Waals surface area contributed by atoms with Crippen LogP contribution in [0.5, 0.6) is 0 Å². The molecule has 0 aliphatic heterocycles. The first kappa shape index (κ1) is 13.7. The Balaban J connectivity index is 1.93. The Morgan fingerprint density at radius 2 is 2.00 bits per heavy atom. The first-order valence-electron chi connectivity index (χ1n) is 6.35. The van der Waals surface area contributed by atoms with Crippen LogP contribution < -0.4 is 0 Å². The number of hydrogen-bond acceptors (Lipinski definition) is 4. The molecule has 1 saturated carbocycles. The number of aromatic nitrogens is 3. The van der Waals surface area contributed by atoms with Crippen LogP contribution in [0.1, 0.15) is 46.2 Å². The highest BCUT2D eigenvalue weighted by atomic mass is 19.4. The fraction of sp³-hybridized carbons (Fsp3) is 0.286. The van der Waals surface area contributed by atoms with Crippen LogP contribution in [0.3, 0.4) is 0 Å². The topological polar surface area (TPSA) is 55.7 Å². The first-order chi connectivity index (χ1) is 9.95. The monoisotopic (exact) mass is 293 g/mol. The second-order valence-corrected chi connectivity index (χ2v) is 4.87. The van der Waals surface area contributed by atoms with Gasteiger partial charge in [-0.3, -0.25) is 9.78 Å². The molecule has 4 nitrogen and oxygen atoms in total. The van der Waals surface area contributed by atoms with E-state index in [9.17, 15) is 18.0 Å². The normalized spacial score (nSPS) is 15.0. The summed E-state index contributed by atoms with van der Waals surface area (Å²) in [6.07, 6.45) is 0.698. The third-order valence-corrected chi connectivity index (χ3v) is 3.20.